The van der Waals surface area contributed by atoms with E-state index in [4.69, 9.17) is 8.94 Å². The lowest BCUT2D eigenvalue weighted by Gasteiger charge is -2.18. The van der Waals surface area contributed by atoms with Gasteiger partial charge in [0.15, 0.2) is 7.37 Å². The average Bonchev–Trinajstić information content (AvgIpc) is 3.25. The summed E-state index contributed by atoms with van der Waals surface area (Å²) in [7, 11) is -1.000. The van der Waals surface area contributed by atoms with Crippen LogP contribution in [0.5, 0.6) is 0 Å². The van der Waals surface area contributed by atoms with Gasteiger partial charge in [0.1, 0.15) is 5.76 Å². The molecular formula is C26H35IN3O6PS. The molecule has 0 radical (unpaired) electrons. The van der Waals surface area contributed by atoms with Crippen LogP contribution in [0.2, 0.25) is 0 Å². The molecule has 0 fully saturated rings. The molecule has 3 aromatic rings. The number of hydrogen-bond acceptors (Lipinski definition) is 6. The minimum absolute atomic E-state index is 0.138. The highest BCUT2D eigenvalue weighted by atomic mass is 127. The van der Waals surface area contributed by atoms with E-state index < -0.39 is 18.6 Å². The maximum Gasteiger partial charge on any atom is 0.255 e. The molecule has 1 amide bonds. The van der Waals surface area contributed by atoms with Gasteiger partial charge in [0.05, 0.1) is 29.8 Å². The lowest BCUT2D eigenvalue weighted by molar-refractivity contribution is 0.0964. The lowest BCUT2D eigenvalue weighted by Crippen LogP contribution is -2.27. The molecule has 0 saturated heterocycles. The summed E-state index contributed by atoms with van der Waals surface area (Å²) in [5.41, 5.74) is 3.24. The first kappa shape index (κ1) is 30.9. The fourth-order valence-electron chi connectivity index (χ4n) is 4.17. The summed E-state index contributed by atoms with van der Waals surface area (Å²) in [5, 5.41) is 3.27. The van der Waals surface area contributed by atoms with Gasteiger partial charge in [-0.2, -0.15) is 4.31 Å². The number of carbonyl (C=O) groups is 1. The van der Waals surface area contributed by atoms with Crippen molar-refractivity contribution in [2.75, 3.05) is 33.0 Å². The number of furan rings is 1. The van der Waals surface area contributed by atoms with Crippen molar-refractivity contribution >= 4 is 58.2 Å². The van der Waals surface area contributed by atoms with E-state index >= 15 is 0 Å². The Morgan fingerprint density at radius 2 is 1.95 bits per heavy atom. The van der Waals surface area contributed by atoms with Crippen molar-refractivity contribution < 1.29 is 27.1 Å². The highest BCUT2D eigenvalue weighted by Crippen LogP contribution is 2.43. The Bertz CT molecular complexity index is 1330. The number of halogens is 1. The predicted octanol–water partition coefficient (Wildman–Crippen LogP) is 6.07. The SMILES string of the molecule is CCOP(C)(=O)CCCCCN(Cc1nc2oc(-c3ccc(CC)cc3)c(C(=O)NC)c2cc1I)S(=O)O. The Morgan fingerprint density at radius 3 is 2.55 bits per heavy atom. The zero-order valence-corrected chi connectivity index (χ0v) is 26.0. The number of amides is 1. The summed E-state index contributed by atoms with van der Waals surface area (Å²) in [6.07, 6.45) is 3.54. The molecule has 2 aromatic heterocycles. The number of aromatic nitrogens is 1. The molecule has 2 N–H and O–H groups in total. The van der Waals surface area contributed by atoms with Gasteiger partial charge in [-0.3, -0.25) is 13.9 Å². The van der Waals surface area contributed by atoms with Crippen LogP contribution >= 0.6 is 30.0 Å². The van der Waals surface area contributed by atoms with Crippen molar-refractivity contribution in [2.24, 2.45) is 0 Å². The molecule has 12 heteroatoms. The molecule has 2 unspecified atom stereocenters. The Kier molecular flexibility index (Phi) is 11.5. The lowest BCUT2D eigenvalue weighted by atomic mass is 10.0. The van der Waals surface area contributed by atoms with Crippen LogP contribution in [0.1, 0.15) is 54.7 Å². The fraction of sp³-hybridized carbons (Fsp3) is 0.462. The minimum Gasteiger partial charge on any atom is -0.437 e. The van der Waals surface area contributed by atoms with E-state index in [1.807, 2.05) is 37.3 Å². The van der Waals surface area contributed by atoms with Crippen LogP contribution in [-0.2, 0) is 33.3 Å². The number of pyridine rings is 1. The standard InChI is InChI=1S/C26H35IN3O6PS/c1-5-18-10-12-19(13-11-18)24-23(25(31)28-3)20-16-21(27)22(29-26(20)36-24)17-30(38(33)34)14-8-7-9-15-37(4,32)35-6-2/h10-13,16H,5-9,14-15,17H2,1-4H3,(H,28,31)(H,33,34). The van der Waals surface area contributed by atoms with Crippen LogP contribution in [0.4, 0.5) is 0 Å². The summed E-state index contributed by atoms with van der Waals surface area (Å²) in [5.74, 6) is 0.160. The molecule has 0 aliphatic heterocycles. The Morgan fingerprint density at radius 1 is 1.24 bits per heavy atom. The summed E-state index contributed by atoms with van der Waals surface area (Å²) >= 11 is -0.0664. The van der Waals surface area contributed by atoms with E-state index in [1.54, 1.807) is 13.7 Å². The minimum atomic E-state index is -2.57. The van der Waals surface area contributed by atoms with E-state index in [0.717, 1.165) is 28.4 Å². The normalized spacial score (nSPS) is 14.1. The fourth-order valence-corrected chi connectivity index (χ4v) is 6.77. The number of hydrogen-bond donors (Lipinski definition) is 2. The highest BCUT2D eigenvalue weighted by molar-refractivity contribution is 14.1. The van der Waals surface area contributed by atoms with Crippen LogP contribution in [0, 0.1) is 3.57 Å². The topological polar surface area (TPSA) is 122 Å². The highest BCUT2D eigenvalue weighted by Gasteiger charge is 2.25. The third-order valence-electron chi connectivity index (χ3n) is 6.21. The van der Waals surface area contributed by atoms with E-state index in [-0.39, 0.29) is 12.5 Å². The average molecular weight is 676 g/mol. The molecule has 0 bridgehead atoms. The molecule has 2 atom stereocenters. The molecule has 9 nitrogen and oxygen atoms in total. The van der Waals surface area contributed by atoms with Gasteiger partial charge >= 0.3 is 0 Å². The Balaban J connectivity index is 1.82. The second-order valence-corrected chi connectivity index (χ2v) is 13.9. The van der Waals surface area contributed by atoms with E-state index in [0.29, 0.717) is 53.9 Å². The van der Waals surface area contributed by atoms with E-state index in [1.165, 1.54) is 9.87 Å². The summed E-state index contributed by atoms with van der Waals surface area (Å²) < 4.78 is 47.8. The van der Waals surface area contributed by atoms with Crippen molar-refractivity contribution in [3.63, 3.8) is 0 Å². The second kappa shape index (κ2) is 14.1. The van der Waals surface area contributed by atoms with Crippen molar-refractivity contribution in [3.05, 3.63) is 50.7 Å². The molecule has 2 heterocycles. The van der Waals surface area contributed by atoms with Crippen LogP contribution < -0.4 is 5.32 Å². The summed E-state index contributed by atoms with van der Waals surface area (Å²) in [6.45, 7) is 6.48. The molecular weight excluding hydrogens is 640 g/mol. The van der Waals surface area contributed by atoms with Crippen LogP contribution in [0.25, 0.3) is 22.4 Å². The summed E-state index contributed by atoms with van der Waals surface area (Å²) in [4.78, 5) is 17.5. The first-order valence-corrected chi connectivity index (χ1v) is 17.0. The first-order chi connectivity index (χ1) is 18.1. The number of fused-ring (bicyclic) bond motifs is 1. The third-order valence-corrected chi connectivity index (χ3v) is 9.83. The monoisotopic (exact) mass is 675 g/mol. The Hall–Kier alpha value is -1.63. The zero-order chi connectivity index (χ0) is 27.9. The number of rotatable bonds is 14. The van der Waals surface area contributed by atoms with Crippen molar-refractivity contribution in [1.82, 2.24) is 14.6 Å². The van der Waals surface area contributed by atoms with Gasteiger partial charge in [0.25, 0.3) is 5.91 Å². The smallest absolute Gasteiger partial charge is 0.255 e. The van der Waals surface area contributed by atoms with Crippen molar-refractivity contribution in [3.8, 4) is 11.3 Å². The molecule has 0 saturated carbocycles. The Labute approximate surface area is 240 Å². The quantitative estimate of drug-likeness (QED) is 0.0921. The number of unbranched alkanes of at least 4 members (excludes halogenated alkanes) is 2. The van der Waals surface area contributed by atoms with Gasteiger partial charge in [-0.1, -0.05) is 37.6 Å². The van der Waals surface area contributed by atoms with Gasteiger partial charge in [0.2, 0.25) is 17.0 Å². The molecule has 0 aliphatic carbocycles. The van der Waals surface area contributed by atoms with Gasteiger partial charge in [-0.25, -0.2) is 9.19 Å². The number of carbonyl (C=O) groups excluding carboxylic acids is 1. The van der Waals surface area contributed by atoms with Gasteiger partial charge in [0, 0.05) is 35.6 Å². The van der Waals surface area contributed by atoms with Crippen LogP contribution in [-0.4, -0.2) is 57.0 Å². The maximum atomic E-state index is 12.8. The molecule has 3 rings (SSSR count). The van der Waals surface area contributed by atoms with Crippen molar-refractivity contribution in [2.45, 2.75) is 46.1 Å². The van der Waals surface area contributed by atoms with Crippen molar-refractivity contribution in [1.29, 1.82) is 0 Å². The van der Waals surface area contributed by atoms with Gasteiger partial charge in [-0.05, 0) is 60.4 Å². The van der Waals surface area contributed by atoms with E-state index in [9.17, 15) is 18.1 Å². The first-order valence-electron chi connectivity index (χ1n) is 12.6. The number of nitrogens with zero attached hydrogens (tertiary/aromatic N) is 2. The number of nitrogens with one attached hydrogen (secondary N) is 1. The predicted molar refractivity (Wildman–Crippen MR) is 160 cm³/mol. The number of benzene rings is 1. The molecule has 0 spiro atoms. The number of aryl methyl sites for hydroxylation is 1. The molecule has 1 aromatic carbocycles. The van der Waals surface area contributed by atoms with Crippen LogP contribution in [0.3, 0.4) is 0 Å². The summed E-state index contributed by atoms with van der Waals surface area (Å²) in [6, 6.07) is 9.70. The molecule has 38 heavy (non-hydrogen) atoms. The second-order valence-electron chi connectivity index (χ2n) is 9.02. The zero-order valence-electron chi connectivity index (χ0n) is 22.2. The van der Waals surface area contributed by atoms with Gasteiger partial charge in [-0.15, -0.1) is 0 Å². The molecule has 0 aliphatic rings. The van der Waals surface area contributed by atoms with Crippen LogP contribution in [0.15, 0.2) is 34.7 Å². The molecule has 208 valence electrons. The third kappa shape index (κ3) is 7.95. The van der Waals surface area contributed by atoms with E-state index in [2.05, 4.69) is 39.8 Å². The van der Waals surface area contributed by atoms with Gasteiger partial charge < -0.3 is 14.3 Å². The largest absolute Gasteiger partial charge is 0.437 e. The maximum absolute atomic E-state index is 12.8.